The number of hydrogen-bond donors (Lipinski definition) is 9. The Morgan fingerprint density at radius 1 is 0.714 bits per heavy atom. The van der Waals surface area contributed by atoms with Crippen LogP contribution in [-0.2, 0) is 28.8 Å². The normalized spacial score (nSPS) is 14.5. The fourth-order valence-electron chi connectivity index (χ4n) is 3.68. The molecule has 0 aromatic carbocycles. The van der Waals surface area contributed by atoms with E-state index in [0.717, 1.165) is 0 Å². The number of guanidine groups is 1. The highest BCUT2D eigenvalue weighted by molar-refractivity contribution is 5.95. The molecule has 240 valence electrons. The SMILES string of the molecule is CC(C)CC(NC(=O)CNC(=O)C(CC(C)C)NC(=O)C(C)N)C(=O)NC(C)C(=O)NC(CCCN=C(N)N)C(=O)O. The number of amides is 5. The number of aliphatic imine (C=N–C) groups is 1. The summed E-state index contributed by atoms with van der Waals surface area (Å²) < 4.78 is 0. The van der Waals surface area contributed by atoms with E-state index in [1.165, 1.54) is 13.8 Å². The van der Waals surface area contributed by atoms with Crippen molar-refractivity contribution in [3.05, 3.63) is 0 Å². The van der Waals surface area contributed by atoms with Crippen LogP contribution in [0.2, 0.25) is 0 Å². The standard InChI is InChI=1S/C26H49N9O7/c1-13(2)10-18(35-21(37)15(5)27)23(39)31-12-20(36)33-19(11-14(3)4)24(40)32-16(6)22(38)34-17(25(41)42)8-7-9-30-26(28)29/h13-19H,7-12,27H2,1-6H3,(H,31,39)(H,32,40)(H,33,36)(H,34,38)(H,35,37)(H,41,42)(H4,28,29,30). The lowest BCUT2D eigenvalue weighted by Crippen LogP contribution is -2.56. The van der Waals surface area contributed by atoms with Crippen molar-refractivity contribution in [1.29, 1.82) is 0 Å². The molecule has 42 heavy (non-hydrogen) atoms. The predicted molar refractivity (Wildman–Crippen MR) is 157 cm³/mol. The van der Waals surface area contributed by atoms with Gasteiger partial charge in [-0.3, -0.25) is 29.0 Å². The van der Waals surface area contributed by atoms with Crippen LogP contribution in [0.1, 0.15) is 67.2 Å². The minimum absolute atomic E-state index is 0.0229. The Balaban J connectivity index is 5.19. The number of carboxylic acids is 1. The van der Waals surface area contributed by atoms with Crippen LogP contribution in [0.15, 0.2) is 4.99 Å². The second-order valence-corrected chi connectivity index (χ2v) is 11.0. The van der Waals surface area contributed by atoms with Gasteiger partial charge in [0.1, 0.15) is 24.2 Å². The molecule has 16 nitrogen and oxygen atoms in total. The summed E-state index contributed by atoms with van der Waals surface area (Å²) in [5.41, 5.74) is 16.1. The van der Waals surface area contributed by atoms with Crippen LogP contribution in [0.5, 0.6) is 0 Å². The van der Waals surface area contributed by atoms with Crippen LogP contribution >= 0.6 is 0 Å². The van der Waals surface area contributed by atoms with E-state index in [9.17, 15) is 33.9 Å². The summed E-state index contributed by atoms with van der Waals surface area (Å²) in [6.07, 6.45) is 0.904. The molecule has 0 aliphatic rings. The predicted octanol–water partition coefficient (Wildman–Crippen LogP) is -2.36. The summed E-state index contributed by atoms with van der Waals surface area (Å²) in [6.45, 7) is 10.0. The summed E-state index contributed by atoms with van der Waals surface area (Å²) in [5.74, 6) is -4.48. The third-order valence-electron chi connectivity index (χ3n) is 5.85. The van der Waals surface area contributed by atoms with Crippen molar-refractivity contribution in [1.82, 2.24) is 26.6 Å². The van der Waals surface area contributed by atoms with Crippen LogP contribution in [0.25, 0.3) is 0 Å². The first-order valence-corrected chi connectivity index (χ1v) is 14.0. The van der Waals surface area contributed by atoms with E-state index in [1.54, 1.807) is 0 Å². The molecule has 5 amide bonds. The van der Waals surface area contributed by atoms with Crippen molar-refractivity contribution in [3.8, 4) is 0 Å². The van der Waals surface area contributed by atoms with Crippen molar-refractivity contribution in [2.24, 2.45) is 34.0 Å². The molecule has 0 spiro atoms. The first-order chi connectivity index (χ1) is 19.4. The fraction of sp³-hybridized carbons (Fsp3) is 0.731. The van der Waals surface area contributed by atoms with Crippen LogP contribution in [0.3, 0.4) is 0 Å². The molecular weight excluding hydrogens is 550 g/mol. The zero-order valence-corrected chi connectivity index (χ0v) is 25.4. The minimum atomic E-state index is -1.26. The summed E-state index contributed by atoms with van der Waals surface area (Å²) in [4.78, 5) is 78.2. The molecule has 12 N–H and O–H groups in total. The highest BCUT2D eigenvalue weighted by Crippen LogP contribution is 2.07. The number of carbonyl (C=O) groups is 6. The lowest BCUT2D eigenvalue weighted by Gasteiger charge is -2.24. The number of nitrogens with zero attached hydrogens (tertiary/aromatic N) is 1. The maximum absolute atomic E-state index is 13.0. The van der Waals surface area contributed by atoms with Gasteiger partial charge < -0.3 is 48.9 Å². The molecule has 0 aliphatic heterocycles. The molecule has 0 fully saturated rings. The smallest absolute Gasteiger partial charge is 0.326 e. The van der Waals surface area contributed by atoms with Gasteiger partial charge in [-0.25, -0.2) is 4.79 Å². The van der Waals surface area contributed by atoms with E-state index in [1.807, 2.05) is 27.7 Å². The second kappa shape index (κ2) is 19.2. The van der Waals surface area contributed by atoms with E-state index in [0.29, 0.717) is 12.8 Å². The van der Waals surface area contributed by atoms with Gasteiger partial charge in [0, 0.05) is 6.54 Å². The number of hydrogen-bond acceptors (Lipinski definition) is 8. The molecule has 0 saturated carbocycles. The zero-order valence-electron chi connectivity index (χ0n) is 25.4. The highest BCUT2D eigenvalue weighted by atomic mass is 16.4. The minimum Gasteiger partial charge on any atom is -0.480 e. The van der Waals surface area contributed by atoms with E-state index < -0.39 is 72.3 Å². The fourth-order valence-corrected chi connectivity index (χ4v) is 3.68. The van der Waals surface area contributed by atoms with Gasteiger partial charge in [0.25, 0.3) is 0 Å². The van der Waals surface area contributed by atoms with Crippen molar-refractivity contribution in [3.63, 3.8) is 0 Å². The lowest BCUT2D eigenvalue weighted by molar-refractivity contribution is -0.142. The van der Waals surface area contributed by atoms with Gasteiger partial charge in [0.2, 0.25) is 29.5 Å². The summed E-state index contributed by atoms with van der Waals surface area (Å²) in [5, 5.41) is 21.9. The third kappa shape index (κ3) is 16.3. The number of rotatable bonds is 19. The number of nitrogens with two attached hydrogens (primary N) is 3. The zero-order chi connectivity index (χ0) is 32.6. The van der Waals surface area contributed by atoms with Gasteiger partial charge in [-0.2, -0.15) is 0 Å². The molecule has 0 radical (unpaired) electrons. The number of carbonyl (C=O) groups excluding carboxylic acids is 5. The highest BCUT2D eigenvalue weighted by Gasteiger charge is 2.28. The molecule has 0 aromatic heterocycles. The maximum Gasteiger partial charge on any atom is 0.326 e. The molecule has 0 saturated heterocycles. The lowest BCUT2D eigenvalue weighted by atomic mass is 10.0. The average Bonchev–Trinajstić information content (AvgIpc) is 2.86. The van der Waals surface area contributed by atoms with Crippen LogP contribution in [0, 0.1) is 11.8 Å². The quantitative estimate of drug-likeness (QED) is 0.0432. The van der Waals surface area contributed by atoms with Gasteiger partial charge in [0.05, 0.1) is 12.6 Å². The Bertz CT molecular complexity index is 966. The van der Waals surface area contributed by atoms with Crippen molar-refractivity contribution in [2.45, 2.75) is 97.4 Å². The van der Waals surface area contributed by atoms with E-state index in [2.05, 4.69) is 31.6 Å². The summed E-state index contributed by atoms with van der Waals surface area (Å²) >= 11 is 0. The number of carboxylic acid groups (broad SMARTS) is 1. The molecule has 16 heteroatoms. The third-order valence-corrected chi connectivity index (χ3v) is 5.85. The number of aliphatic carboxylic acids is 1. The van der Waals surface area contributed by atoms with E-state index >= 15 is 0 Å². The average molecular weight is 600 g/mol. The molecule has 0 bridgehead atoms. The number of nitrogens with one attached hydrogen (secondary N) is 5. The van der Waals surface area contributed by atoms with Crippen LogP contribution in [-0.4, -0.2) is 89.9 Å². The topological polar surface area (TPSA) is 273 Å². The van der Waals surface area contributed by atoms with Gasteiger partial charge >= 0.3 is 5.97 Å². The second-order valence-electron chi connectivity index (χ2n) is 11.0. The van der Waals surface area contributed by atoms with E-state index in [4.69, 9.17) is 17.2 Å². The van der Waals surface area contributed by atoms with Crippen molar-refractivity contribution >= 4 is 41.5 Å². The largest absolute Gasteiger partial charge is 0.480 e. The molecule has 0 aliphatic carbocycles. The van der Waals surface area contributed by atoms with E-state index in [-0.39, 0.29) is 37.2 Å². The van der Waals surface area contributed by atoms with Crippen molar-refractivity contribution in [2.75, 3.05) is 13.1 Å². The molecular formula is C26H49N9O7. The Morgan fingerprint density at radius 2 is 1.24 bits per heavy atom. The Hall–Kier alpha value is -3.95. The van der Waals surface area contributed by atoms with Gasteiger partial charge in [-0.1, -0.05) is 27.7 Å². The monoisotopic (exact) mass is 599 g/mol. The van der Waals surface area contributed by atoms with Gasteiger partial charge in [-0.05, 0) is 51.4 Å². The van der Waals surface area contributed by atoms with Gasteiger partial charge in [-0.15, -0.1) is 0 Å². The van der Waals surface area contributed by atoms with Crippen molar-refractivity contribution < 1.29 is 33.9 Å². The Morgan fingerprint density at radius 3 is 1.71 bits per heavy atom. The Labute approximate surface area is 246 Å². The molecule has 5 unspecified atom stereocenters. The van der Waals surface area contributed by atoms with Gasteiger partial charge in [0.15, 0.2) is 5.96 Å². The molecule has 0 heterocycles. The summed E-state index contributed by atoms with van der Waals surface area (Å²) in [7, 11) is 0. The maximum atomic E-state index is 13.0. The first-order valence-electron chi connectivity index (χ1n) is 14.0. The van der Waals surface area contributed by atoms with Crippen LogP contribution < -0.4 is 43.8 Å². The van der Waals surface area contributed by atoms with Crippen LogP contribution in [0.4, 0.5) is 0 Å². The molecule has 0 rings (SSSR count). The Kier molecular flexibility index (Phi) is 17.4. The first kappa shape index (κ1) is 38.0. The molecule has 0 aromatic rings. The molecule has 5 atom stereocenters. The summed E-state index contributed by atoms with van der Waals surface area (Å²) in [6, 6.07) is -5.09.